The zero-order valence-corrected chi connectivity index (χ0v) is 12.0. The first-order valence-electron chi connectivity index (χ1n) is 5.90. The summed E-state index contributed by atoms with van der Waals surface area (Å²) in [6.45, 7) is 5.04. The maximum absolute atomic E-state index is 5.94. The van der Waals surface area contributed by atoms with Gasteiger partial charge in [-0.15, -0.1) is 11.3 Å². The summed E-state index contributed by atoms with van der Waals surface area (Å²) in [5.41, 5.74) is 1.05. The highest BCUT2D eigenvalue weighted by Crippen LogP contribution is 2.29. The highest BCUT2D eigenvalue weighted by molar-refractivity contribution is 7.16. The average molecular weight is 282 g/mol. The van der Waals surface area contributed by atoms with Gasteiger partial charge in [0.25, 0.3) is 0 Å². The van der Waals surface area contributed by atoms with E-state index in [2.05, 4.69) is 35.5 Å². The van der Waals surface area contributed by atoms with Crippen molar-refractivity contribution < 1.29 is 0 Å². The van der Waals surface area contributed by atoms with Crippen molar-refractivity contribution in [3.05, 3.63) is 39.7 Å². The van der Waals surface area contributed by atoms with Gasteiger partial charge in [-0.2, -0.15) is 0 Å². The van der Waals surface area contributed by atoms with Gasteiger partial charge < -0.3 is 10.6 Å². The second-order valence-electron chi connectivity index (χ2n) is 3.97. The van der Waals surface area contributed by atoms with E-state index in [-0.39, 0.29) is 6.04 Å². The lowest BCUT2D eigenvalue weighted by molar-refractivity contribution is 0.907. The number of hydrogen-bond donors (Lipinski definition) is 2. The largest absolute Gasteiger partial charge is 0.378 e. The molecule has 0 aliphatic heterocycles. The monoisotopic (exact) mass is 281 g/mol. The van der Waals surface area contributed by atoms with Crippen LogP contribution in [0.5, 0.6) is 0 Å². The molecule has 2 rings (SSSR count). The highest BCUT2D eigenvalue weighted by atomic mass is 35.5. The van der Waals surface area contributed by atoms with Gasteiger partial charge in [0, 0.05) is 29.4 Å². The summed E-state index contributed by atoms with van der Waals surface area (Å²) in [7, 11) is 0. The van der Waals surface area contributed by atoms with E-state index in [1.807, 2.05) is 18.2 Å². The van der Waals surface area contributed by atoms with Crippen LogP contribution < -0.4 is 10.6 Å². The fourth-order valence-electron chi connectivity index (χ4n) is 1.68. The lowest BCUT2D eigenvalue weighted by atomic mass is 10.2. The van der Waals surface area contributed by atoms with Gasteiger partial charge in [0.1, 0.15) is 5.82 Å². The van der Waals surface area contributed by atoms with Crippen LogP contribution >= 0.6 is 22.9 Å². The molecular formula is C13H16ClN3S. The van der Waals surface area contributed by atoms with Crippen molar-refractivity contribution in [1.82, 2.24) is 4.98 Å². The van der Waals surface area contributed by atoms with Crippen LogP contribution in [0.4, 0.5) is 11.5 Å². The molecular weight excluding hydrogens is 266 g/mol. The zero-order chi connectivity index (χ0) is 13.0. The molecule has 0 saturated heterocycles. The molecule has 18 heavy (non-hydrogen) atoms. The standard InChI is InChI=1S/C13H16ClN3S/c1-3-15-13-8-10(6-7-16-13)17-9(2)11-4-5-12(14)18-11/h4-9H,3H2,1-2H3,(H2,15,16,17). The topological polar surface area (TPSA) is 37.0 Å². The third kappa shape index (κ3) is 3.37. The summed E-state index contributed by atoms with van der Waals surface area (Å²) < 4.78 is 0.821. The number of hydrogen-bond acceptors (Lipinski definition) is 4. The Balaban J connectivity index is 2.06. The minimum absolute atomic E-state index is 0.236. The van der Waals surface area contributed by atoms with E-state index in [0.29, 0.717) is 0 Å². The van der Waals surface area contributed by atoms with Crippen LogP contribution in [-0.4, -0.2) is 11.5 Å². The molecule has 2 aromatic heterocycles. The lowest BCUT2D eigenvalue weighted by Gasteiger charge is -2.14. The van der Waals surface area contributed by atoms with E-state index in [0.717, 1.165) is 22.4 Å². The molecule has 2 N–H and O–H groups in total. The van der Waals surface area contributed by atoms with Crippen molar-refractivity contribution >= 4 is 34.4 Å². The first kappa shape index (κ1) is 13.2. The maximum Gasteiger partial charge on any atom is 0.127 e. The Morgan fingerprint density at radius 2 is 2.22 bits per heavy atom. The van der Waals surface area contributed by atoms with E-state index >= 15 is 0 Å². The molecule has 1 atom stereocenters. The molecule has 0 amide bonds. The fourth-order valence-corrected chi connectivity index (χ4v) is 2.74. The summed E-state index contributed by atoms with van der Waals surface area (Å²) in [4.78, 5) is 5.47. The van der Waals surface area contributed by atoms with Crippen LogP contribution in [0, 0.1) is 0 Å². The van der Waals surface area contributed by atoms with Gasteiger partial charge >= 0.3 is 0 Å². The van der Waals surface area contributed by atoms with Crippen molar-refractivity contribution in [2.45, 2.75) is 19.9 Å². The van der Waals surface area contributed by atoms with Crippen LogP contribution in [0.2, 0.25) is 4.34 Å². The highest BCUT2D eigenvalue weighted by Gasteiger charge is 2.08. The van der Waals surface area contributed by atoms with E-state index < -0.39 is 0 Å². The molecule has 0 spiro atoms. The number of pyridine rings is 1. The molecule has 0 saturated carbocycles. The Morgan fingerprint density at radius 3 is 2.89 bits per heavy atom. The summed E-state index contributed by atoms with van der Waals surface area (Å²) in [5, 5.41) is 6.64. The number of anilines is 2. The number of rotatable bonds is 5. The molecule has 0 radical (unpaired) electrons. The molecule has 0 aliphatic carbocycles. The van der Waals surface area contributed by atoms with E-state index in [4.69, 9.17) is 11.6 Å². The normalized spacial score (nSPS) is 12.2. The van der Waals surface area contributed by atoms with E-state index in [1.165, 1.54) is 4.88 Å². The van der Waals surface area contributed by atoms with Gasteiger partial charge in [0.15, 0.2) is 0 Å². The Kier molecular flexibility index (Phi) is 4.44. The Labute approximate surface area is 116 Å². The fraction of sp³-hybridized carbons (Fsp3) is 0.308. The third-order valence-electron chi connectivity index (χ3n) is 2.52. The first-order valence-corrected chi connectivity index (χ1v) is 7.10. The lowest BCUT2D eigenvalue weighted by Crippen LogP contribution is -2.06. The van der Waals surface area contributed by atoms with Gasteiger partial charge in [-0.25, -0.2) is 4.98 Å². The molecule has 2 aromatic rings. The maximum atomic E-state index is 5.94. The summed E-state index contributed by atoms with van der Waals surface area (Å²) in [6, 6.07) is 8.19. The predicted molar refractivity (Wildman–Crippen MR) is 79.8 cm³/mol. The zero-order valence-electron chi connectivity index (χ0n) is 10.4. The van der Waals surface area contributed by atoms with Crippen LogP contribution in [-0.2, 0) is 0 Å². The minimum Gasteiger partial charge on any atom is -0.378 e. The van der Waals surface area contributed by atoms with Crippen molar-refractivity contribution in [3.8, 4) is 0 Å². The van der Waals surface area contributed by atoms with E-state index in [1.54, 1.807) is 17.5 Å². The smallest absolute Gasteiger partial charge is 0.127 e. The summed E-state index contributed by atoms with van der Waals surface area (Å²) >= 11 is 7.55. The van der Waals surface area contributed by atoms with Crippen molar-refractivity contribution in [2.24, 2.45) is 0 Å². The van der Waals surface area contributed by atoms with Crippen molar-refractivity contribution in [2.75, 3.05) is 17.2 Å². The Bertz CT molecular complexity index is 512. The first-order chi connectivity index (χ1) is 8.69. The average Bonchev–Trinajstić information content (AvgIpc) is 2.77. The van der Waals surface area contributed by atoms with Crippen LogP contribution in [0.3, 0.4) is 0 Å². The molecule has 0 aromatic carbocycles. The molecule has 0 aliphatic rings. The second-order valence-corrected chi connectivity index (χ2v) is 5.71. The molecule has 0 fully saturated rings. The Morgan fingerprint density at radius 1 is 1.39 bits per heavy atom. The van der Waals surface area contributed by atoms with Gasteiger partial charge in [0.05, 0.1) is 10.4 Å². The van der Waals surface area contributed by atoms with Gasteiger partial charge in [-0.05, 0) is 32.0 Å². The quantitative estimate of drug-likeness (QED) is 0.853. The van der Waals surface area contributed by atoms with Crippen LogP contribution in [0.25, 0.3) is 0 Å². The Hall–Kier alpha value is -1.26. The molecule has 0 bridgehead atoms. The van der Waals surface area contributed by atoms with E-state index in [9.17, 15) is 0 Å². The number of nitrogens with one attached hydrogen (secondary N) is 2. The summed E-state index contributed by atoms with van der Waals surface area (Å²) in [5.74, 6) is 0.888. The van der Waals surface area contributed by atoms with Crippen molar-refractivity contribution in [3.63, 3.8) is 0 Å². The van der Waals surface area contributed by atoms with Crippen LogP contribution in [0.1, 0.15) is 24.8 Å². The minimum atomic E-state index is 0.236. The SMILES string of the molecule is CCNc1cc(NC(C)c2ccc(Cl)s2)ccn1. The van der Waals surface area contributed by atoms with Crippen LogP contribution in [0.15, 0.2) is 30.5 Å². The van der Waals surface area contributed by atoms with Gasteiger partial charge in [-0.3, -0.25) is 0 Å². The molecule has 3 nitrogen and oxygen atoms in total. The number of nitrogens with zero attached hydrogens (tertiary/aromatic N) is 1. The van der Waals surface area contributed by atoms with Gasteiger partial charge in [-0.1, -0.05) is 11.6 Å². The van der Waals surface area contributed by atoms with Crippen molar-refractivity contribution in [1.29, 1.82) is 0 Å². The number of halogens is 1. The number of aromatic nitrogens is 1. The summed E-state index contributed by atoms with van der Waals surface area (Å²) in [6.07, 6.45) is 1.80. The molecule has 5 heteroatoms. The molecule has 2 heterocycles. The third-order valence-corrected chi connectivity index (χ3v) is 3.94. The molecule has 96 valence electrons. The second kappa shape index (κ2) is 6.07. The molecule has 1 unspecified atom stereocenters. The number of thiophene rings is 1. The predicted octanol–water partition coefficient (Wildman–Crippen LogP) is 4.40. The van der Waals surface area contributed by atoms with Gasteiger partial charge in [0.2, 0.25) is 0 Å².